The number of hydrogen-bond acceptors (Lipinski definition) is 7. The van der Waals surface area contributed by atoms with Gasteiger partial charge in [0, 0.05) is 35.2 Å². The Labute approximate surface area is 281 Å². The summed E-state index contributed by atoms with van der Waals surface area (Å²) in [5, 5.41) is 12.6. The van der Waals surface area contributed by atoms with Gasteiger partial charge < -0.3 is 29.7 Å². The molecule has 2 N–H and O–H groups in total. The molecule has 1 saturated heterocycles. The van der Waals surface area contributed by atoms with Gasteiger partial charge in [-0.1, -0.05) is 49.9 Å². The summed E-state index contributed by atoms with van der Waals surface area (Å²) in [7, 11) is -0.468. The van der Waals surface area contributed by atoms with E-state index in [-0.39, 0.29) is 63.0 Å². The van der Waals surface area contributed by atoms with Crippen LogP contribution in [0.5, 0.6) is 11.5 Å². The van der Waals surface area contributed by atoms with Gasteiger partial charge in [0.1, 0.15) is 7.14 Å². The number of carbonyl (C=O) groups is 1. The van der Waals surface area contributed by atoms with Crippen LogP contribution in [0.15, 0.2) is 60.8 Å². The van der Waals surface area contributed by atoms with E-state index < -0.39 is 7.14 Å². The average molecular weight is 590 g/mol. The third-order valence-corrected chi connectivity index (χ3v) is 7.64. The number of piperidine rings is 1. The van der Waals surface area contributed by atoms with Gasteiger partial charge in [-0.2, -0.15) is 6.07 Å². The van der Waals surface area contributed by atoms with Crippen LogP contribution in [0, 0.1) is 26.2 Å². The zero-order chi connectivity index (χ0) is 28.8. The molecule has 8 nitrogen and oxygen atoms in total. The number of aromatic nitrogens is 2. The number of rotatable bonds is 6. The molecular weight excluding hydrogens is 550 g/mol. The maximum atomic E-state index is 12.1. The second-order valence-corrected chi connectivity index (χ2v) is 12.8. The molecule has 2 aromatic carbocycles. The molecule has 1 aromatic heterocycles. The van der Waals surface area contributed by atoms with Crippen LogP contribution >= 0.6 is 7.14 Å². The molecule has 1 aliphatic rings. The number of aromatic hydroxyl groups is 1. The Morgan fingerprint density at radius 3 is 2.30 bits per heavy atom. The van der Waals surface area contributed by atoms with Crippen LogP contribution < -0.4 is 66.7 Å². The standard InChI is InChI=1S/C16H21N2O2.C9H13OP.C5H5N2O.K/c1-13(12-18-10-4-3-5-11-18)16(19)17-14-6-8-15(20-2)9-7-14;1-8-6-4-5-7-9(8)11(2,3)10;1-4-5(8)2-6-3-7-4;/h6-8H,1,3-5,10-12H2,2H3,(H,17,19);4-7H,1-3H3;2,8H,1H3;/q-1;;-1;+1. The number of hydrogen-bond donors (Lipinski definition) is 2. The van der Waals surface area contributed by atoms with E-state index in [0.29, 0.717) is 29.2 Å². The molecule has 3 aromatic rings. The fourth-order valence-electron chi connectivity index (χ4n) is 3.81. The van der Waals surface area contributed by atoms with Crippen LogP contribution in [0.3, 0.4) is 0 Å². The largest absolute Gasteiger partial charge is 1.00 e. The third kappa shape index (κ3) is 13.2. The van der Waals surface area contributed by atoms with Crippen molar-refractivity contribution in [1.82, 2.24) is 14.9 Å². The summed E-state index contributed by atoms with van der Waals surface area (Å²) < 4.78 is 16.7. The smallest absolute Gasteiger partial charge is 0.530 e. The van der Waals surface area contributed by atoms with Gasteiger partial charge in [0.15, 0.2) is 0 Å². The average Bonchev–Trinajstić information content (AvgIpc) is 2.92. The minimum absolute atomic E-state index is 0. The fraction of sp³-hybridized carbons (Fsp3) is 0.367. The molecule has 0 unspecified atom stereocenters. The van der Waals surface area contributed by atoms with Gasteiger partial charge in [0.05, 0.1) is 7.11 Å². The number of anilines is 1. The van der Waals surface area contributed by atoms with Crippen molar-refractivity contribution in [2.45, 2.75) is 33.1 Å². The van der Waals surface area contributed by atoms with Crippen molar-refractivity contribution >= 4 is 24.0 Å². The number of methoxy groups -OCH3 is 1. The van der Waals surface area contributed by atoms with Crippen LogP contribution in [0.1, 0.15) is 30.5 Å². The van der Waals surface area contributed by atoms with Crippen molar-refractivity contribution in [3.8, 4) is 11.5 Å². The van der Waals surface area contributed by atoms with Crippen molar-refractivity contribution in [2.24, 2.45) is 0 Å². The first-order valence-electron chi connectivity index (χ1n) is 12.8. The maximum Gasteiger partial charge on any atom is 1.00 e. The van der Waals surface area contributed by atoms with Crippen molar-refractivity contribution in [1.29, 1.82) is 0 Å². The van der Waals surface area contributed by atoms with Crippen LogP contribution in [-0.2, 0) is 9.36 Å². The topological polar surface area (TPSA) is 105 Å². The summed E-state index contributed by atoms with van der Waals surface area (Å²) in [6.07, 6.45) is 7.36. The van der Waals surface area contributed by atoms with E-state index in [4.69, 9.17) is 9.84 Å². The summed E-state index contributed by atoms with van der Waals surface area (Å²) in [4.78, 5) is 21.4. The summed E-state index contributed by atoms with van der Waals surface area (Å²) in [5.74, 6) is 0.632. The van der Waals surface area contributed by atoms with E-state index in [1.54, 1.807) is 45.6 Å². The molecular formula is C30H39KN4O4P-. The number of carbonyl (C=O) groups excluding carboxylic acids is 1. The molecule has 0 atom stereocenters. The molecule has 1 fully saturated rings. The van der Waals surface area contributed by atoms with Gasteiger partial charge in [0.2, 0.25) is 5.91 Å². The number of nitrogens with zero attached hydrogens (tertiary/aromatic N) is 3. The Kier molecular flexibility index (Phi) is 16.8. The SMILES string of the molecule is C=C(CN1CCCCC1)C(=O)Nc1c[c-]c(OC)cc1.Cc1ccccc1P(C)(C)=O.Cc1n[c-]ncc1O.[K+]. The Bertz CT molecular complexity index is 1240. The van der Waals surface area contributed by atoms with E-state index in [0.717, 1.165) is 24.0 Å². The molecule has 4 rings (SSSR count). The van der Waals surface area contributed by atoms with Crippen molar-refractivity contribution < 1.29 is 70.6 Å². The quantitative estimate of drug-likeness (QED) is 0.196. The zero-order valence-electron chi connectivity index (χ0n) is 24.5. The first-order valence-corrected chi connectivity index (χ1v) is 15.4. The minimum Gasteiger partial charge on any atom is -0.530 e. The van der Waals surface area contributed by atoms with E-state index in [9.17, 15) is 9.36 Å². The summed E-state index contributed by atoms with van der Waals surface area (Å²) >= 11 is 0. The van der Waals surface area contributed by atoms with Gasteiger partial charge in [-0.15, -0.1) is 18.2 Å². The second-order valence-electron chi connectivity index (χ2n) is 9.62. The molecule has 2 heterocycles. The molecule has 0 bridgehead atoms. The van der Waals surface area contributed by atoms with E-state index in [1.807, 2.05) is 31.2 Å². The first-order chi connectivity index (χ1) is 18.5. The molecule has 0 radical (unpaired) electrons. The van der Waals surface area contributed by atoms with Crippen molar-refractivity contribution in [3.63, 3.8) is 0 Å². The number of benzene rings is 2. The Hall–Kier alpha value is -1.84. The van der Waals surface area contributed by atoms with E-state index in [2.05, 4.69) is 39.2 Å². The Balaban J connectivity index is 0.000000336. The molecule has 0 saturated carbocycles. The fourth-order valence-corrected chi connectivity index (χ4v) is 5.18. The van der Waals surface area contributed by atoms with Crippen LogP contribution in [0.2, 0.25) is 0 Å². The molecule has 210 valence electrons. The molecule has 40 heavy (non-hydrogen) atoms. The van der Waals surface area contributed by atoms with Crippen molar-refractivity contribution in [2.75, 3.05) is 45.4 Å². The van der Waals surface area contributed by atoms with Crippen LogP contribution in [0.25, 0.3) is 0 Å². The molecule has 1 amide bonds. The van der Waals surface area contributed by atoms with Gasteiger partial charge in [0.25, 0.3) is 0 Å². The van der Waals surface area contributed by atoms with Crippen LogP contribution in [-0.4, -0.2) is 66.0 Å². The number of aryl methyl sites for hydroxylation is 2. The predicted molar refractivity (Wildman–Crippen MR) is 157 cm³/mol. The van der Waals surface area contributed by atoms with Gasteiger partial charge >= 0.3 is 51.4 Å². The number of likely N-dealkylation sites (tertiary alicyclic amines) is 1. The van der Waals surface area contributed by atoms with E-state index in [1.165, 1.54) is 25.5 Å². The molecule has 0 spiro atoms. The summed E-state index contributed by atoms with van der Waals surface area (Å²) in [5.41, 5.74) is 2.99. The Morgan fingerprint density at radius 2 is 1.82 bits per heavy atom. The molecule has 0 aliphatic carbocycles. The summed E-state index contributed by atoms with van der Waals surface area (Å²) in [6.45, 7) is 13.9. The summed E-state index contributed by atoms with van der Waals surface area (Å²) in [6, 6.07) is 16.0. The molecule has 1 aliphatic heterocycles. The first kappa shape index (κ1) is 36.2. The number of ether oxygens (including phenoxy) is 1. The van der Waals surface area contributed by atoms with Gasteiger partial charge in [-0.05, 0) is 63.6 Å². The number of nitrogens with one attached hydrogen (secondary N) is 1. The predicted octanol–water partition coefficient (Wildman–Crippen LogP) is 2.01. The third-order valence-electron chi connectivity index (χ3n) is 5.97. The zero-order valence-corrected chi connectivity index (χ0v) is 28.5. The molecule has 10 heteroatoms. The van der Waals surface area contributed by atoms with Crippen molar-refractivity contribution in [3.05, 3.63) is 84.5 Å². The van der Waals surface area contributed by atoms with Crippen LogP contribution in [0.4, 0.5) is 5.69 Å². The van der Waals surface area contributed by atoms with E-state index >= 15 is 0 Å². The van der Waals surface area contributed by atoms with Gasteiger partial charge in [-0.25, -0.2) is 0 Å². The monoisotopic (exact) mass is 589 g/mol. The second kappa shape index (κ2) is 18.6. The normalized spacial score (nSPS) is 12.8. The maximum absolute atomic E-state index is 12.1. The Morgan fingerprint density at radius 1 is 1.15 bits per heavy atom. The van der Waals surface area contributed by atoms with Gasteiger partial charge in [-0.3, -0.25) is 9.69 Å². The minimum atomic E-state index is -2.06. The number of amides is 1.